The molecule has 1 aliphatic carbocycles. The van der Waals surface area contributed by atoms with Crippen LogP contribution in [0.15, 0.2) is 18.2 Å². The Bertz CT molecular complexity index is 465. The molecule has 0 radical (unpaired) electrons. The third-order valence-electron chi connectivity index (χ3n) is 4.54. The predicted molar refractivity (Wildman–Crippen MR) is 105 cm³/mol. The van der Waals surface area contributed by atoms with Gasteiger partial charge in [0, 0.05) is 6.42 Å². The number of methoxy groups -OCH3 is 1. The molecule has 2 heteroatoms. The van der Waals surface area contributed by atoms with Crippen LogP contribution in [0, 0.1) is 5.92 Å². The minimum Gasteiger partial charge on any atom is -0.496 e. The van der Waals surface area contributed by atoms with Crippen LogP contribution in [0.5, 0.6) is 5.75 Å². The average Bonchev–Trinajstić information content (AvgIpc) is 2.65. The molecule has 0 saturated heterocycles. The Labute approximate surface area is 150 Å². The second-order valence-electron chi connectivity index (χ2n) is 5.97. The summed E-state index contributed by atoms with van der Waals surface area (Å²) in [6.45, 7) is 12.4. The smallest absolute Gasteiger partial charge is 0.166 e. The van der Waals surface area contributed by atoms with Crippen LogP contribution in [-0.4, -0.2) is 12.9 Å². The lowest BCUT2D eigenvalue weighted by Crippen LogP contribution is -2.16. The highest BCUT2D eigenvalue weighted by molar-refractivity contribution is 5.99. The lowest BCUT2D eigenvalue weighted by atomic mass is 9.75. The van der Waals surface area contributed by atoms with Crippen LogP contribution < -0.4 is 4.74 Å². The van der Waals surface area contributed by atoms with Crippen molar-refractivity contribution in [3.05, 3.63) is 29.3 Å². The van der Waals surface area contributed by atoms with Crippen molar-refractivity contribution in [3.8, 4) is 5.75 Å². The monoisotopic (exact) mass is 334 g/mol. The molecule has 0 spiro atoms. The van der Waals surface area contributed by atoms with Crippen molar-refractivity contribution in [1.29, 1.82) is 0 Å². The molecule has 1 aliphatic rings. The van der Waals surface area contributed by atoms with E-state index in [0.29, 0.717) is 18.3 Å². The number of para-hydroxylation sites is 1. The summed E-state index contributed by atoms with van der Waals surface area (Å²) < 4.78 is 5.62. The standard InChI is InChI=1S/C18H26O2.2C2H6/c1-4-8-17(19)16-12-7-11-15(18(16)20-3)14-10-6-5-9-13(14)2;2*1-2/h7,11-14H,4-6,8-10H2,1-3H3;2*1-2H3. The zero-order chi connectivity index (χ0) is 18.5. The Hall–Kier alpha value is -1.31. The van der Waals surface area contributed by atoms with Crippen molar-refractivity contribution >= 4 is 5.78 Å². The van der Waals surface area contributed by atoms with Crippen molar-refractivity contribution in [2.24, 2.45) is 5.92 Å². The third-order valence-corrected chi connectivity index (χ3v) is 4.54. The first-order valence-corrected chi connectivity index (χ1v) is 9.89. The number of ether oxygens (including phenoxy) is 1. The molecular weight excluding hydrogens is 296 g/mol. The van der Waals surface area contributed by atoms with Crippen LogP contribution in [0.25, 0.3) is 0 Å². The van der Waals surface area contributed by atoms with Crippen LogP contribution in [0.2, 0.25) is 0 Å². The van der Waals surface area contributed by atoms with Crippen LogP contribution in [0.1, 0.15) is 102 Å². The molecule has 138 valence electrons. The van der Waals surface area contributed by atoms with Gasteiger partial charge in [0.15, 0.2) is 5.78 Å². The molecule has 1 saturated carbocycles. The molecular formula is C22H38O2. The fourth-order valence-electron chi connectivity index (χ4n) is 3.43. The summed E-state index contributed by atoms with van der Waals surface area (Å²) in [6.07, 6.45) is 6.58. The zero-order valence-electron chi connectivity index (χ0n) is 16.9. The van der Waals surface area contributed by atoms with E-state index in [0.717, 1.165) is 17.7 Å². The molecule has 2 atom stereocenters. The number of ketones is 1. The molecule has 0 amide bonds. The van der Waals surface area contributed by atoms with E-state index in [1.807, 2.05) is 46.8 Å². The average molecular weight is 335 g/mol. The van der Waals surface area contributed by atoms with Gasteiger partial charge in [-0.15, -0.1) is 0 Å². The topological polar surface area (TPSA) is 26.3 Å². The molecule has 1 aromatic carbocycles. The molecule has 0 aromatic heterocycles. The van der Waals surface area contributed by atoms with Gasteiger partial charge in [-0.3, -0.25) is 4.79 Å². The number of carbonyl (C=O) groups is 1. The molecule has 0 N–H and O–H groups in total. The second-order valence-corrected chi connectivity index (χ2v) is 5.97. The van der Waals surface area contributed by atoms with Crippen LogP contribution in [0.3, 0.4) is 0 Å². The summed E-state index contributed by atoms with van der Waals surface area (Å²) in [5, 5.41) is 0. The first kappa shape index (κ1) is 22.7. The van der Waals surface area contributed by atoms with Crippen LogP contribution >= 0.6 is 0 Å². The van der Waals surface area contributed by atoms with Crippen molar-refractivity contribution in [2.75, 3.05) is 7.11 Å². The minimum atomic E-state index is 0.203. The van der Waals surface area contributed by atoms with Gasteiger partial charge in [0.05, 0.1) is 12.7 Å². The summed E-state index contributed by atoms with van der Waals surface area (Å²) in [5.74, 6) is 2.24. The lowest BCUT2D eigenvalue weighted by Gasteiger charge is -2.30. The number of hydrogen-bond acceptors (Lipinski definition) is 2. The fourth-order valence-corrected chi connectivity index (χ4v) is 3.43. The minimum absolute atomic E-state index is 0.203. The number of rotatable bonds is 5. The Morgan fingerprint density at radius 1 is 1.12 bits per heavy atom. The van der Waals surface area contributed by atoms with E-state index < -0.39 is 0 Å². The molecule has 0 aliphatic heterocycles. The Morgan fingerprint density at radius 2 is 1.75 bits per heavy atom. The molecule has 1 aromatic rings. The van der Waals surface area contributed by atoms with E-state index in [-0.39, 0.29) is 5.78 Å². The van der Waals surface area contributed by atoms with E-state index >= 15 is 0 Å². The van der Waals surface area contributed by atoms with Crippen molar-refractivity contribution in [2.45, 2.75) is 86.0 Å². The van der Waals surface area contributed by atoms with Crippen LogP contribution in [-0.2, 0) is 0 Å². The first-order valence-electron chi connectivity index (χ1n) is 9.89. The molecule has 2 unspecified atom stereocenters. The third kappa shape index (κ3) is 5.96. The second kappa shape index (κ2) is 13.0. The molecule has 2 rings (SSSR count). The Kier molecular flexibility index (Phi) is 12.3. The maximum absolute atomic E-state index is 12.3. The summed E-state index contributed by atoms with van der Waals surface area (Å²) in [5.41, 5.74) is 2.01. The van der Waals surface area contributed by atoms with Crippen LogP contribution in [0.4, 0.5) is 0 Å². The molecule has 1 fully saturated rings. The van der Waals surface area contributed by atoms with Crippen molar-refractivity contribution < 1.29 is 9.53 Å². The van der Waals surface area contributed by atoms with Crippen molar-refractivity contribution in [1.82, 2.24) is 0 Å². The highest BCUT2D eigenvalue weighted by Crippen LogP contribution is 2.42. The van der Waals surface area contributed by atoms with Gasteiger partial charge in [-0.25, -0.2) is 0 Å². The van der Waals surface area contributed by atoms with E-state index in [2.05, 4.69) is 13.0 Å². The number of Topliss-reactive ketones (excluding diaryl/α,β-unsaturated/α-hetero) is 1. The summed E-state index contributed by atoms with van der Waals surface area (Å²) in [7, 11) is 1.69. The predicted octanol–water partition coefficient (Wildman–Crippen LogP) is 7.02. The van der Waals surface area contributed by atoms with E-state index in [1.165, 1.54) is 31.2 Å². The maximum Gasteiger partial charge on any atom is 0.166 e. The summed E-state index contributed by atoms with van der Waals surface area (Å²) in [4.78, 5) is 12.3. The van der Waals surface area contributed by atoms with Gasteiger partial charge in [0.25, 0.3) is 0 Å². The van der Waals surface area contributed by atoms with Crippen molar-refractivity contribution in [3.63, 3.8) is 0 Å². The number of benzene rings is 1. The SMILES string of the molecule is CC.CC.CCCC(=O)c1cccc(C2CCCCC2C)c1OC. The van der Waals surface area contributed by atoms with Gasteiger partial charge in [0.2, 0.25) is 0 Å². The van der Waals surface area contributed by atoms with Gasteiger partial charge in [-0.05, 0) is 36.3 Å². The Morgan fingerprint density at radius 3 is 2.29 bits per heavy atom. The van der Waals surface area contributed by atoms with Gasteiger partial charge in [-0.1, -0.05) is 72.9 Å². The maximum atomic E-state index is 12.3. The van der Waals surface area contributed by atoms with Gasteiger partial charge >= 0.3 is 0 Å². The number of carbonyl (C=O) groups excluding carboxylic acids is 1. The first-order chi connectivity index (χ1) is 11.7. The lowest BCUT2D eigenvalue weighted by molar-refractivity contribution is 0.0978. The Balaban J connectivity index is 0.00000123. The summed E-state index contributed by atoms with van der Waals surface area (Å²) >= 11 is 0. The molecule has 2 nitrogen and oxygen atoms in total. The summed E-state index contributed by atoms with van der Waals surface area (Å²) in [6, 6.07) is 6.07. The largest absolute Gasteiger partial charge is 0.496 e. The van der Waals surface area contributed by atoms with Gasteiger partial charge < -0.3 is 4.74 Å². The van der Waals surface area contributed by atoms with E-state index in [1.54, 1.807) is 7.11 Å². The fraction of sp³-hybridized carbons (Fsp3) is 0.682. The zero-order valence-corrected chi connectivity index (χ0v) is 16.9. The highest BCUT2D eigenvalue weighted by Gasteiger charge is 2.27. The molecule has 0 heterocycles. The van der Waals surface area contributed by atoms with Gasteiger partial charge in [-0.2, -0.15) is 0 Å². The quantitative estimate of drug-likeness (QED) is 0.540. The van der Waals surface area contributed by atoms with E-state index in [4.69, 9.17) is 4.74 Å². The normalized spacial score (nSPS) is 19.3. The number of hydrogen-bond donors (Lipinski definition) is 0. The van der Waals surface area contributed by atoms with E-state index in [9.17, 15) is 4.79 Å². The van der Waals surface area contributed by atoms with Gasteiger partial charge in [0.1, 0.15) is 5.75 Å². The molecule has 24 heavy (non-hydrogen) atoms. The highest BCUT2D eigenvalue weighted by atomic mass is 16.5. The molecule has 0 bridgehead atoms.